The minimum atomic E-state index is -0.316. The third-order valence-corrected chi connectivity index (χ3v) is 12.2. The van der Waals surface area contributed by atoms with Crippen LogP contribution in [-0.4, -0.2) is 18.3 Å². The van der Waals surface area contributed by atoms with Crippen molar-refractivity contribution in [2.24, 2.45) is 0 Å². The molecule has 252 valence electrons. The van der Waals surface area contributed by atoms with Gasteiger partial charge >= 0.3 is 7.12 Å². The van der Waals surface area contributed by atoms with Crippen molar-refractivity contribution in [1.82, 2.24) is 0 Å². The first-order valence-electron chi connectivity index (χ1n) is 18.5. The highest BCUT2D eigenvalue weighted by molar-refractivity contribution is 9.10. The summed E-state index contributed by atoms with van der Waals surface area (Å²) in [5.41, 5.74) is 12.5. The molecule has 1 heterocycles. The van der Waals surface area contributed by atoms with Crippen LogP contribution in [0.15, 0.2) is 89.4 Å². The van der Waals surface area contributed by atoms with Crippen molar-refractivity contribution in [2.45, 2.75) is 129 Å². The van der Waals surface area contributed by atoms with Crippen LogP contribution >= 0.6 is 15.9 Å². The molecule has 0 N–H and O–H groups in total. The molecule has 1 fully saturated rings. The van der Waals surface area contributed by atoms with Gasteiger partial charge in [0.25, 0.3) is 0 Å². The van der Waals surface area contributed by atoms with Gasteiger partial charge in [-0.05, 0) is 115 Å². The Balaban J connectivity index is 0.000000177. The first-order chi connectivity index (χ1) is 23.0. The Morgan fingerprint density at radius 1 is 0.500 bits per heavy atom. The van der Waals surface area contributed by atoms with E-state index in [9.17, 15) is 0 Å². The highest BCUT2D eigenvalue weighted by Crippen LogP contribution is 2.55. The fourth-order valence-electron chi connectivity index (χ4n) is 9.06. The number of hydrogen-bond acceptors (Lipinski definition) is 2. The molecule has 2 aliphatic carbocycles. The molecule has 3 aliphatic rings. The molecule has 2 nitrogen and oxygen atoms in total. The Morgan fingerprint density at radius 2 is 0.896 bits per heavy atom. The Morgan fingerprint density at radius 3 is 1.35 bits per heavy atom. The molecule has 0 atom stereocenters. The van der Waals surface area contributed by atoms with Gasteiger partial charge in [-0.1, -0.05) is 142 Å². The van der Waals surface area contributed by atoms with Gasteiger partial charge in [0.15, 0.2) is 0 Å². The molecular weight excluding hydrogens is 651 g/mol. The van der Waals surface area contributed by atoms with E-state index in [1.54, 1.807) is 0 Å². The summed E-state index contributed by atoms with van der Waals surface area (Å²) in [6, 6.07) is 31.7. The van der Waals surface area contributed by atoms with Gasteiger partial charge in [0, 0.05) is 15.3 Å². The van der Waals surface area contributed by atoms with Crippen LogP contribution in [0, 0.1) is 0 Å². The van der Waals surface area contributed by atoms with Gasteiger partial charge in [0.1, 0.15) is 0 Å². The summed E-state index contributed by atoms with van der Waals surface area (Å²) >= 11 is 3.66. The SMILES string of the molecule is CCCC1(CCC)c2ccccc2-c2ccc(B3OC(C)(C)C(C)(C)O3)cc21.CCCC1(CCC)c2ccccc2-c2ccc(Br)cc21. The van der Waals surface area contributed by atoms with Crippen molar-refractivity contribution in [1.29, 1.82) is 0 Å². The maximum atomic E-state index is 6.35. The van der Waals surface area contributed by atoms with E-state index >= 15 is 0 Å². The zero-order valence-electron chi connectivity index (χ0n) is 30.5. The Labute approximate surface area is 299 Å². The molecule has 48 heavy (non-hydrogen) atoms. The normalized spacial score (nSPS) is 18.4. The highest BCUT2D eigenvalue weighted by Gasteiger charge is 2.52. The van der Waals surface area contributed by atoms with Crippen molar-refractivity contribution >= 4 is 28.5 Å². The van der Waals surface area contributed by atoms with Gasteiger partial charge in [-0.2, -0.15) is 0 Å². The van der Waals surface area contributed by atoms with Gasteiger partial charge in [0.2, 0.25) is 0 Å². The van der Waals surface area contributed by atoms with Crippen LogP contribution in [0.25, 0.3) is 22.3 Å². The van der Waals surface area contributed by atoms with E-state index in [4.69, 9.17) is 9.31 Å². The molecule has 1 saturated heterocycles. The number of fused-ring (bicyclic) bond motifs is 6. The molecule has 7 rings (SSSR count). The summed E-state index contributed by atoms with van der Waals surface area (Å²) in [5.74, 6) is 0. The predicted molar refractivity (Wildman–Crippen MR) is 208 cm³/mol. The molecule has 4 aromatic rings. The molecule has 4 heteroatoms. The van der Waals surface area contributed by atoms with Crippen LogP contribution in [0.1, 0.15) is 129 Å². The Kier molecular flexibility index (Phi) is 9.95. The standard InChI is InChI=1S/C25H33BO2.C19H21Br/c1-7-15-25(16-8-2)21-12-10-9-11-19(21)20-14-13-18(17-22(20)25)26-27-23(3,4)24(5,6)28-26;1-3-11-19(12-4-2)17-8-6-5-7-15(17)16-10-9-14(20)13-18(16)19/h9-14,17H,7-8,15-16H2,1-6H3;5-10,13H,3-4,11-12H2,1-2H3. The summed E-state index contributed by atoms with van der Waals surface area (Å²) in [5, 5.41) is 0. The zero-order chi connectivity index (χ0) is 34.3. The summed E-state index contributed by atoms with van der Waals surface area (Å²) in [6.07, 6.45) is 9.63. The van der Waals surface area contributed by atoms with Crippen LogP contribution in [0.4, 0.5) is 0 Å². The molecule has 4 aromatic carbocycles. The van der Waals surface area contributed by atoms with Gasteiger partial charge < -0.3 is 9.31 Å². The van der Waals surface area contributed by atoms with Gasteiger partial charge in [-0.3, -0.25) is 0 Å². The fraction of sp³-hybridized carbons (Fsp3) is 0.455. The summed E-state index contributed by atoms with van der Waals surface area (Å²) in [7, 11) is -0.306. The summed E-state index contributed by atoms with van der Waals surface area (Å²) in [4.78, 5) is 0. The van der Waals surface area contributed by atoms with Crippen LogP contribution < -0.4 is 5.46 Å². The number of hydrogen-bond donors (Lipinski definition) is 0. The minimum Gasteiger partial charge on any atom is -0.399 e. The van der Waals surface area contributed by atoms with E-state index in [-0.39, 0.29) is 29.2 Å². The first-order valence-corrected chi connectivity index (χ1v) is 19.3. The molecular formula is C44H54BBrO2. The van der Waals surface area contributed by atoms with E-state index in [2.05, 4.69) is 156 Å². The Bertz CT molecular complexity index is 1740. The average Bonchev–Trinajstić information content (AvgIpc) is 3.58. The Hall–Kier alpha value is -2.66. The topological polar surface area (TPSA) is 18.5 Å². The van der Waals surface area contributed by atoms with Crippen molar-refractivity contribution in [3.8, 4) is 22.3 Å². The van der Waals surface area contributed by atoms with E-state index in [1.165, 1.54) is 100 Å². The summed E-state index contributed by atoms with van der Waals surface area (Å²) in [6.45, 7) is 17.7. The first kappa shape index (κ1) is 35.2. The smallest absolute Gasteiger partial charge is 0.399 e. The van der Waals surface area contributed by atoms with Crippen LogP contribution in [0.2, 0.25) is 0 Å². The third-order valence-electron chi connectivity index (χ3n) is 11.8. The lowest BCUT2D eigenvalue weighted by Gasteiger charge is -2.32. The molecule has 0 saturated carbocycles. The van der Waals surface area contributed by atoms with E-state index in [0.29, 0.717) is 0 Å². The third kappa shape index (κ3) is 5.74. The van der Waals surface area contributed by atoms with E-state index < -0.39 is 0 Å². The van der Waals surface area contributed by atoms with Gasteiger partial charge in [-0.25, -0.2) is 0 Å². The van der Waals surface area contributed by atoms with Gasteiger partial charge in [0.05, 0.1) is 11.2 Å². The van der Waals surface area contributed by atoms with Crippen molar-refractivity contribution in [3.05, 3.63) is 112 Å². The quantitative estimate of drug-likeness (QED) is 0.161. The van der Waals surface area contributed by atoms with Crippen LogP contribution in [0.5, 0.6) is 0 Å². The molecule has 0 amide bonds. The van der Waals surface area contributed by atoms with Crippen molar-refractivity contribution in [2.75, 3.05) is 0 Å². The second-order valence-electron chi connectivity index (χ2n) is 15.3. The lowest BCUT2D eigenvalue weighted by atomic mass is 9.69. The largest absolute Gasteiger partial charge is 0.494 e. The van der Waals surface area contributed by atoms with E-state index in [0.717, 1.165) is 5.46 Å². The zero-order valence-corrected chi connectivity index (χ0v) is 32.1. The van der Waals surface area contributed by atoms with Gasteiger partial charge in [-0.15, -0.1) is 0 Å². The van der Waals surface area contributed by atoms with E-state index in [1.807, 2.05) is 0 Å². The lowest BCUT2D eigenvalue weighted by molar-refractivity contribution is 0.00578. The number of halogens is 1. The van der Waals surface area contributed by atoms with Crippen LogP contribution in [-0.2, 0) is 20.1 Å². The molecule has 0 bridgehead atoms. The molecule has 0 aromatic heterocycles. The maximum Gasteiger partial charge on any atom is 0.494 e. The molecule has 0 spiro atoms. The molecule has 1 aliphatic heterocycles. The maximum absolute atomic E-state index is 6.35. The number of rotatable bonds is 9. The average molecular weight is 706 g/mol. The van der Waals surface area contributed by atoms with Crippen LogP contribution in [0.3, 0.4) is 0 Å². The van der Waals surface area contributed by atoms with Crippen molar-refractivity contribution in [3.63, 3.8) is 0 Å². The fourth-order valence-corrected chi connectivity index (χ4v) is 9.42. The number of benzene rings is 4. The second kappa shape index (κ2) is 13.6. The minimum absolute atomic E-state index is 0.106. The molecule has 0 radical (unpaired) electrons. The molecule has 0 unspecified atom stereocenters. The summed E-state index contributed by atoms with van der Waals surface area (Å²) < 4.78 is 13.9. The van der Waals surface area contributed by atoms with Crippen molar-refractivity contribution < 1.29 is 9.31 Å². The monoisotopic (exact) mass is 704 g/mol. The second-order valence-corrected chi connectivity index (χ2v) is 16.3. The highest BCUT2D eigenvalue weighted by atomic mass is 79.9. The predicted octanol–water partition coefficient (Wildman–Crippen LogP) is 12.2. The lowest BCUT2D eigenvalue weighted by Crippen LogP contribution is -2.41.